The minimum Gasteiger partial charge on any atom is -0.381 e. The van der Waals surface area contributed by atoms with Gasteiger partial charge in [-0.25, -0.2) is 0 Å². The summed E-state index contributed by atoms with van der Waals surface area (Å²) >= 11 is 6.23. The van der Waals surface area contributed by atoms with E-state index in [2.05, 4.69) is 11.4 Å². The van der Waals surface area contributed by atoms with Crippen molar-refractivity contribution in [1.29, 1.82) is 0 Å². The minimum atomic E-state index is -0.473. The molecule has 0 bridgehead atoms. The first-order valence-electron chi connectivity index (χ1n) is 7.52. The molecule has 1 saturated heterocycles. The van der Waals surface area contributed by atoms with E-state index in [1.165, 1.54) is 5.56 Å². The number of carbonyl (C=O) groups is 1. The van der Waals surface area contributed by atoms with Crippen LogP contribution in [-0.2, 0) is 16.0 Å². The summed E-state index contributed by atoms with van der Waals surface area (Å²) in [5.41, 5.74) is 7.74. The van der Waals surface area contributed by atoms with Gasteiger partial charge < -0.3 is 15.8 Å². The molecule has 2 aliphatic rings. The van der Waals surface area contributed by atoms with Crippen LogP contribution in [0.3, 0.4) is 0 Å². The minimum absolute atomic E-state index is 0. The monoisotopic (exact) mass is 344 g/mol. The molecule has 1 aliphatic heterocycles. The molecule has 1 unspecified atom stereocenters. The summed E-state index contributed by atoms with van der Waals surface area (Å²) < 4.78 is 5.37. The Kier molecular flexibility index (Phi) is 5.72. The van der Waals surface area contributed by atoms with Crippen LogP contribution in [-0.4, -0.2) is 25.7 Å². The third kappa shape index (κ3) is 3.11. The van der Waals surface area contributed by atoms with E-state index in [0.717, 1.165) is 23.4 Å². The number of benzene rings is 1. The molecule has 22 heavy (non-hydrogen) atoms. The van der Waals surface area contributed by atoms with E-state index in [1.54, 1.807) is 0 Å². The Balaban J connectivity index is 0.00000176. The number of ether oxygens (including phenoxy) is 1. The third-order valence-electron chi connectivity index (χ3n) is 4.84. The van der Waals surface area contributed by atoms with E-state index in [9.17, 15) is 4.79 Å². The highest BCUT2D eigenvalue weighted by Gasteiger charge is 2.40. The Morgan fingerprint density at radius 2 is 2.14 bits per heavy atom. The van der Waals surface area contributed by atoms with Crippen LogP contribution in [0, 0.1) is 5.41 Å². The van der Waals surface area contributed by atoms with Gasteiger partial charge >= 0.3 is 0 Å². The highest BCUT2D eigenvalue weighted by Crippen LogP contribution is 2.37. The lowest BCUT2D eigenvalue weighted by Crippen LogP contribution is -2.49. The fourth-order valence-electron chi connectivity index (χ4n) is 3.36. The van der Waals surface area contributed by atoms with Crippen molar-refractivity contribution >= 4 is 29.9 Å². The number of hydrogen-bond donors (Lipinski definition) is 2. The number of nitrogens with two attached hydrogens (primary N) is 1. The summed E-state index contributed by atoms with van der Waals surface area (Å²) in [4.78, 5) is 12.7. The molecule has 0 aromatic heterocycles. The molecule has 0 radical (unpaired) electrons. The Hall–Kier alpha value is -0.810. The summed E-state index contributed by atoms with van der Waals surface area (Å²) in [6.45, 7) is 1.59. The molecule has 3 rings (SSSR count). The number of nitrogens with one attached hydrogen (secondary N) is 1. The van der Waals surface area contributed by atoms with E-state index < -0.39 is 5.41 Å². The zero-order valence-corrected chi connectivity index (χ0v) is 14.0. The van der Waals surface area contributed by atoms with Crippen molar-refractivity contribution in [1.82, 2.24) is 5.32 Å². The highest BCUT2D eigenvalue weighted by molar-refractivity contribution is 6.31. The first kappa shape index (κ1) is 17.5. The first-order valence-corrected chi connectivity index (χ1v) is 7.90. The van der Waals surface area contributed by atoms with Crippen LogP contribution in [0.4, 0.5) is 0 Å². The van der Waals surface area contributed by atoms with Gasteiger partial charge in [0.25, 0.3) is 0 Å². The summed E-state index contributed by atoms with van der Waals surface area (Å²) in [5.74, 6) is 0.0612. The molecule has 0 saturated carbocycles. The van der Waals surface area contributed by atoms with Crippen LogP contribution in [0.1, 0.15) is 36.4 Å². The first-order chi connectivity index (χ1) is 10.2. The van der Waals surface area contributed by atoms with Gasteiger partial charge in [0.2, 0.25) is 5.91 Å². The summed E-state index contributed by atoms with van der Waals surface area (Å²) in [6.07, 6.45) is 3.22. The van der Waals surface area contributed by atoms with Gasteiger partial charge in [-0.3, -0.25) is 4.79 Å². The van der Waals surface area contributed by atoms with Gasteiger partial charge in [-0.2, -0.15) is 0 Å². The third-order valence-corrected chi connectivity index (χ3v) is 5.20. The van der Waals surface area contributed by atoms with Crippen molar-refractivity contribution in [2.24, 2.45) is 11.1 Å². The van der Waals surface area contributed by atoms with Crippen molar-refractivity contribution in [3.8, 4) is 0 Å². The molecule has 1 aromatic carbocycles. The second-order valence-electron chi connectivity index (χ2n) is 5.97. The number of amides is 1. The maximum absolute atomic E-state index is 12.7. The molecule has 3 N–H and O–H groups in total. The van der Waals surface area contributed by atoms with E-state index in [1.807, 2.05) is 12.1 Å². The molecule has 1 aromatic rings. The maximum atomic E-state index is 12.7. The van der Waals surface area contributed by atoms with Gasteiger partial charge in [0.05, 0.1) is 11.5 Å². The Morgan fingerprint density at radius 3 is 2.82 bits per heavy atom. The second kappa shape index (κ2) is 7.18. The molecule has 1 amide bonds. The predicted molar refractivity (Wildman–Crippen MR) is 89.4 cm³/mol. The smallest absolute Gasteiger partial charge is 0.228 e. The SMILES string of the molecule is Cl.NCC1(C(=O)NC2CCc3c(Cl)cccc32)CCOCC1. The van der Waals surface area contributed by atoms with Crippen LogP contribution in [0.5, 0.6) is 0 Å². The molecule has 1 aliphatic carbocycles. The second-order valence-corrected chi connectivity index (χ2v) is 6.38. The number of rotatable bonds is 3. The molecular formula is C16H22Cl2N2O2. The Morgan fingerprint density at radius 1 is 1.41 bits per heavy atom. The number of carbonyl (C=O) groups excluding carboxylic acids is 1. The lowest BCUT2D eigenvalue weighted by atomic mass is 9.79. The lowest BCUT2D eigenvalue weighted by molar-refractivity contribution is -0.136. The van der Waals surface area contributed by atoms with Crippen LogP contribution >= 0.6 is 24.0 Å². The van der Waals surface area contributed by atoms with Gasteiger partial charge in [-0.15, -0.1) is 12.4 Å². The molecule has 1 fully saturated rings. The normalized spacial score (nSPS) is 22.5. The standard InChI is InChI=1S/C16H21ClN2O2.ClH/c17-13-3-1-2-12-11(13)4-5-14(12)19-15(20)16(10-18)6-8-21-9-7-16;/h1-3,14H,4-10,18H2,(H,19,20);1H. The Bertz CT molecular complexity index is 545. The number of fused-ring (bicyclic) bond motifs is 1. The van der Waals surface area contributed by atoms with Gasteiger partial charge in [0.1, 0.15) is 0 Å². The maximum Gasteiger partial charge on any atom is 0.228 e. The molecule has 6 heteroatoms. The molecule has 1 atom stereocenters. The fraction of sp³-hybridized carbons (Fsp3) is 0.562. The summed E-state index contributed by atoms with van der Waals surface area (Å²) in [6, 6.07) is 5.96. The largest absolute Gasteiger partial charge is 0.381 e. The zero-order chi connectivity index (χ0) is 14.9. The highest BCUT2D eigenvalue weighted by atomic mass is 35.5. The van der Waals surface area contributed by atoms with Crippen LogP contribution in [0.25, 0.3) is 0 Å². The topological polar surface area (TPSA) is 64.4 Å². The lowest BCUT2D eigenvalue weighted by Gasteiger charge is -2.35. The summed E-state index contributed by atoms with van der Waals surface area (Å²) in [7, 11) is 0. The number of hydrogen-bond acceptors (Lipinski definition) is 3. The molecule has 0 spiro atoms. The molecule has 4 nitrogen and oxygen atoms in total. The fourth-order valence-corrected chi connectivity index (χ4v) is 3.63. The van der Waals surface area contributed by atoms with Gasteiger partial charge in [-0.05, 0) is 42.9 Å². The van der Waals surface area contributed by atoms with E-state index >= 15 is 0 Å². The molecular weight excluding hydrogens is 323 g/mol. The van der Waals surface area contributed by atoms with Crippen LogP contribution < -0.4 is 11.1 Å². The van der Waals surface area contributed by atoms with Crippen LogP contribution in [0.15, 0.2) is 18.2 Å². The van der Waals surface area contributed by atoms with Gasteiger partial charge in [-0.1, -0.05) is 23.7 Å². The van der Waals surface area contributed by atoms with E-state index in [-0.39, 0.29) is 24.4 Å². The number of halogens is 2. The average Bonchev–Trinajstić information content (AvgIpc) is 2.92. The van der Waals surface area contributed by atoms with Crippen molar-refractivity contribution in [3.63, 3.8) is 0 Å². The van der Waals surface area contributed by atoms with E-state index in [4.69, 9.17) is 22.1 Å². The van der Waals surface area contributed by atoms with Crippen LogP contribution in [0.2, 0.25) is 5.02 Å². The van der Waals surface area contributed by atoms with Crippen molar-refractivity contribution in [2.75, 3.05) is 19.8 Å². The quantitative estimate of drug-likeness (QED) is 0.885. The van der Waals surface area contributed by atoms with Crippen molar-refractivity contribution in [3.05, 3.63) is 34.3 Å². The average molecular weight is 345 g/mol. The van der Waals surface area contributed by atoms with Crippen molar-refractivity contribution in [2.45, 2.75) is 31.7 Å². The van der Waals surface area contributed by atoms with Crippen molar-refractivity contribution < 1.29 is 9.53 Å². The molecule has 122 valence electrons. The Labute approximate surface area is 142 Å². The summed E-state index contributed by atoms with van der Waals surface area (Å²) in [5, 5.41) is 3.99. The van der Waals surface area contributed by atoms with Gasteiger partial charge in [0.15, 0.2) is 0 Å². The predicted octanol–water partition coefficient (Wildman–Crippen LogP) is 2.62. The zero-order valence-electron chi connectivity index (χ0n) is 12.4. The van der Waals surface area contributed by atoms with E-state index in [0.29, 0.717) is 32.6 Å². The van der Waals surface area contributed by atoms with Gasteiger partial charge in [0, 0.05) is 24.8 Å². The molecule has 1 heterocycles.